The first kappa shape index (κ1) is 50.0. The summed E-state index contributed by atoms with van der Waals surface area (Å²) in [6.07, 6.45) is 24.1. The van der Waals surface area contributed by atoms with Gasteiger partial charge in [0, 0.05) is 89.4 Å². The van der Waals surface area contributed by atoms with Crippen molar-refractivity contribution in [2.75, 3.05) is 59.6 Å². The molecular formula is C50H62N7O8S2+. The summed E-state index contributed by atoms with van der Waals surface area (Å²) in [4.78, 5) is 22.1. The standard InChI is InChI=1S/C35H42N4O8S2.C15H19N3/c1-34(2)27-23-25(36-48(5,43)44)15-17-29(27)38(20-12-22-47-42)31(34)13-10-8-7-9-11-14-32-35(3,4)28-24-26(37-49(6,45)46)16-18-30(28)39(32)21-19-33(40)41;1-2-9-16-14(4-1)12-5-7-13(8-6-12)15-17-10-3-11-18-15/h7-18,22-24,36-37H,19-21H2,1-6H3,(H-,40,41,42);4-8,16H,1-3,9-11H2,(H,17,18)/p+1/b22-12+;. The maximum Gasteiger partial charge on any atom is 0.305 e. The van der Waals surface area contributed by atoms with E-state index in [2.05, 4.69) is 78.7 Å². The lowest BCUT2D eigenvalue weighted by Gasteiger charge is -2.26. The van der Waals surface area contributed by atoms with Crippen molar-refractivity contribution in [3.8, 4) is 0 Å². The van der Waals surface area contributed by atoms with E-state index in [1.807, 2.05) is 73.4 Å². The lowest BCUT2D eigenvalue weighted by atomic mass is 9.81. The van der Waals surface area contributed by atoms with Crippen LogP contribution in [0, 0.1) is 0 Å². The van der Waals surface area contributed by atoms with Crippen LogP contribution in [0.25, 0.3) is 5.70 Å². The van der Waals surface area contributed by atoms with Gasteiger partial charge in [-0.25, -0.2) is 22.1 Å². The van der Waals surface area contributed by atoms with Crippen molar-refractivity contribution in [2.45, 2.75) is 64.2 Å². The molecule has 0 spiro atoms. The molecule has 4 heterocycles. The average Bonchev–Trinajstić information content (AvgIpc) is 3.62. The van der Waals surface area contributed by atoms with Crippen LogP contribution in [-0.4, -0.2) is 94.5 Å². The Bertz CT molecular complexity index is 2760. The van der Waals surface area contributed by atoms with Crippen LogP contribution < -0.4 is 25.0 Å². The molecule has 0 aliphatic carbocycles. The van der Waals surface area contributed by atoms with Gasteiger partial charge < -0.3 is 25.5 Å². The number of carbonyl (C=O) groups is 1. The number of hydrogen-bond donors (Lipinski definition) is 6. The molecule has 0 radical (unpaired) electrons. The number of amidine groups is 1. The highest BCUT2D eigenvalue weighted by Crippen LogP contribution is 2.49. The average molecular weight is 953 g/mol. The van der Waals surface area contributed by atoms with Crippen LogP contribution in [0.15, 0.2) is 132 Å². The molecule has 0 unspecified atom stereocenters. The molecule has 0 atom stereocenters. The molecule has 3 aromatic rings. The minimum absolute atomic E-state index is 0.0704. The molecule has 0 fully saturated rings. The highest BCUT2D eigenvalue weighted by atomic mass is 32.2. The van der Waals surface area contributed by atoms with Gasteiger partial charge in [0.15, 0.2) is 12.3 Å². The van der Waals surface area contributed by atoms with E-state index in [-0.39, 0.29) is 13.0 Å². The van der Waals surface area contributed by atoms with Gasteiger partial charge in [-0.15, -0.1) is 0 Å². The van der Waals surface area contributed by atoms with E-state index in [4.69, 9.17) is 5.26 Å². The van der Waals surface area contributed by atoms with E-state index in [1.54, 1.807) is 30.3 Å². The van der Waals surface area contributed by atoms with E-state index in [1.165, 1.54) is 35.9 Å². The summed E-state index contributed by atoms with van der Waals surface area (Å²) in [5.74, 6) is 0.123. The number of carboxylic acids is 1. The topological polar surface area (TPSA) is 202 Å². The molecule has 17 heteroatoms. The molecule has 0 amide bonds. The third kappa shape index (κ3) is 12.9. The molecular weight excluding hydrogens is 891 g/mol. The number of rotatable bonds is 16. The highest BCUT2D eigenvalue weighted by Gasteiger charge is 2.44. The smallest absolute Gasteiger partial charge is 0.305 e. The van der Waals surface area contributed by atoms with E-state index < -0.39 is 36.8 Å². The first-order valence-corrected chi connectivity index (χ1v) is 26.0. The minimum Gasteiger partial charge on any atom is -0.481 e. The van der Waals surface area contributed by atoms with E-state index in [0.29, 0.717) is 17.9 Å². The van der Waals surface area contributed by atoms with Gasteiger partial charge in [0.05, 0.1) is 24.3 Å². The second-order valence-corrected chi connectivity index (χ2v) is 21.2. The van der Waals surface area contributed by atoms with Crippen LogP contribution in [-0.2, 0) is 40.6 Å². The lowest BCUT2D eigenvalue weighted by Crippen LogP contribution is -2.30. The summed E-state index contributed by atoms with van der Waals surface area (Å²) < 4.78 is 54.5. The minimum atomic E-state index is -3.47. The third-order valence-corrected chi connectivity index (χ3v) is 13.0. The van der Waals surface area contributed by atoms with Gasteiger partial charge in [-0.3, -0.25) is 19.2 Å². The van der Waals surface area contributed by atoms with Crippen LogP contribution in [0.3, 0.4) is 0 Å². The Kier molecular flexibility index (Phi) is 16.0. The number of carboxylic acid groups (broad SMARTS) is 1. The Morgan fingerprint density at radius 2 is 1.48 bits per heavy atom. The van der Waals surface area contributed by atoms with Crippen LogP contribution in [0.5, 0.6) is 0 Å². The second-order valence-electron chi connectivity index (χ2n) is 17.7. The van der Waals surface area contributed by atoms with Gasteiger partial charge in [-0.2, -0.15) is 4.58 Å². The molecule has 356 valence electrons. The van der Waals surface area contributed by atoms with Gasteiger partial charge in [0.25, 0.3) is 0 Å². The number of nitrogens with zero attached hydrogens (tertiary/aromatic N) is 3. The van der Waals surface area contributed by atoms with Gasteiger partial charge in [0.2, 0.25) is 25.7 Å². The first-order chi connectivity index (χ1) is 31.8. The number of aliphatic carboxylic acids is 1. The fourth-order valence-electron chi connectivity index (χ4n) is 8.63. The van der Waals surface area contributed by atoms with Crippen molar-refractivity contribution in [3.05, 3.63) is 150 Å². The largest absolute Gasteiger partial charge is 0.481 e. The zero-order valence-corrected chi connectivity index (χ0v) is 40.5. The molecule has 67 heavy (non-hydrogen) atoms. The fraction of sp³-hybridized carbons (Fsp3) is 0.340. The zero-order valence-electron chi connectivity index (χ0n) is 38.9. The Labute approximate surface area is 394 Å². The monoisotopic (exact) mass is 952 g/mol. The van der Waals surface area contributed by atoms with Crippen molar-refractivity contribution < 1.29 is 41.5 Å². The van der Waals surface area contributed by atoms with E-state index >= 15 is 0 Å². The molecule has 0 saturated carbocycles. The normalized spacial score (nSPS) is 18.3. The van der Waals surface area contributed by atoms with E-state index in [9.17, 15) is 26.7 Å². The molecule has 4 aliphatic rings. The number of anilines is 3. The number of fused-ring (bicyclic) bond motifs is 2. The molecule has 3 aromatic carbocycles. The molecule has 4 aliphatic heterocycles. The second kappa shape index (κ2) is 21.5. The summed E-state index contributed by atoms with van der Waals surface area (Å²) in [6.45, 7) is 11.8. The van der Waals surface area contributed by atoms with Crippen LogP contribution in [0.2, 0.25) is 0 Å². The Balaban J connectivity index is 0.000000339. The number of aliphatic imine (C=N–C) groups is 1. The Morgan fingerprint density at radius 3 is 2.10 bits per heavy atom. The van der Waals surface area contributed by atoms with Crippen molar-refractivity contribution in [3.63, 3.8) is 0 Å². The van der Waals surface area contributed by atoms with Crippen molar-refractivity contribution >= 4 is 66.0 Å². The lowest BCUT2D eigenvalue weighted by molar-refractivity contribution is -0.425. The fourth-order valence-corrected chi connectivity index (χ4v) is 9.74. The van der Waals surface area contributed by atoms with Crippen LogP contribution in [0.1, 0.15) is 75.6 Å². The number of sulfonamides is 2. The van der Waals surface area contributed by atoms with Gasteiger partial charge >= 0.3 is 5.97 Å². The summed E-state index contributed by atoms with van der Waals surface area (Å²) in [7, 11) is -6.93. The van der Waals surface area contributed by atoms with Crippen molar-refractivity contribution in [1.29, 1.82) is 0 Å². The third-order valence-electron chi connectivity index (χ3n) is 11.7. The maximum atomic E-state index is 11.9. The summed E-state index contributed by atoms with van der Waals surface area (Å²) in [6, 6.07) is 19.3. The number of nitrogens with one attached hydrogen (secondary N) is 4. The zero-order chi connectivity index (χ0) is 48.4. The van der Waals surface area contributed by atoms with Crippen molar-refractivity contribution in [2.24, 2.45) is 4.99 Å². The predicted octanol–water partition coefficient (Wildman–Crippen LogP) is 7.78. The quantitative estimate of drug-likeness (QED) is 0.0269. The molecule has 0 bridgehead atoms. The van der Waals surface area contributed by atoms with Crippen LogP contribution >= 0.6 is 0 Å². The molecule has 0 saturated heterocycles. The van der Waals surface area contributed by atoms with E-state index in [0.717, 1.165) is 78.3 Å². The molecule has 0 aromatic heterocycles. The maximum absolute atomic E-state index is 11.9. The summed E-state index contributed by atoms with van der Waals surface area (Å²) in [5, 5.41) is 25.0. The SMILES string of the molecule is C1=C(c2ccc(C3=NCCCN3)cc2)NCCC1.CC1(C)C(/C=C/C=C/C=C\C=C2/N(CCC(=O)O)c3ccc(NS(C)(=O)=O)cc3C2(C)C)=[N+](C/C=C/OO)c2ccc(NS(C)(=O)=O)cc21. The molecule has 7 rings (SSSR count). The molecule has 15 nitrogen and oxygen atoms in total. The molecule has 6 N–H and O–H groups in total. The van der Waals surface area contributed by atoms with Crippen LogP contribution in [0.4, 0.5) is 22.7 Å². The Hall–Kier alpha value is -6.43. The summed E-state index contributed by atoms with van der Waals surface area (Å²) >= 11 is 0. The number of allylic oxidation sites excluding steroid dienone is 9. The Morgan fingerprint density at radius 1 is 0.836 bits per heavy atom. The highest BCUT2D eigenvalue weighted by molar-refractivity contribution is 7.92. The predicted molar refractivity (Wildman–Crippen MR) is 269 cm³/mol. The van der Waals surface area contributed by atoms with Gasteiger partial charge in [-0.1, -0.05) is 74.6 Å². The first-order valence-electron chi connectivity index (χ1n) is 22.2. The summed E-state index contributed by atoms with van der Waals surface area (Å²) in [5.41, 5.74) is 8.97. The van der Waals surface area contributed by atoms with Gasteiger partial charge in [-0.05, 0) is 80.6 Å². The van der Waals surface area contributed by atoms with Crippen molar-refractivity contribution in [1.82, 2.24) is 10.6 Å². The van der Waals surface area contributed by atoms with Gasteiger partial charge in [0.1, 0.15) is 12.1 Å². The number of hydrogen-bond acceptors (Lipinski definition) is 11. The number of benzene rings is 3.